The van der Waals surface area contributed by atoms with Gasteiger partial charge >= 0.3 is 0 Å². The van der Waals surface area contributed by atoms with Crippen molar-refractivity contribution in [3.8, 4) is 5.75 Å². The number of hydrogen-bond donors (Lipinski definition) is 1. The molecule has 104 valence electrons. The van der Waals surface area contributed by atoms with Crippen LogP contribution in [0.4, 0.5) is 11.5 Å². The van der Waals surface area contributed by atoms with Crippen molar-refractivity contribution in [2.75, 3.05) is 24.8 Å². The van der Waals surface area contributed by atoms with Crippen LogP contribution >= 0.6 is 15.9 Å². The van der Waals surface area contributed by atoms with Crippen molar-refractivity contribution in [2.24, 2.45) is 0 Å². The van der Waals surface area contributed by atoms with Crippen LogP contribution in [-0.4, -0.2) is 25.0 Å². The van der Waals surface area contributed by atoms with Gasteiger partial charge in [0.25, 0.3) is 5.91 Å². The number of methoxy groups -OCH3 is 1. The number of para-hydroxylation sites is 2. The Balaban J connectivity index is 2.40. The lowest BCUT2D eigenvalue weighted by molar-refractivity contribution is 0.0993. The van der Waals surface area contributed by atoms with E-state index in [9.17, 15) is 4.79 Å². The number of pyridine rings is 1. The molecular weight excluding hydrogens is 322 g/mol. The van der Waals surface area contributed by atoms with Crippen molar-refractivity contribution < 1.29 is 9.53 Å². The molecule has 20 heavy (non-hydrogen) atoms. The largest absolute Gasteiger partial charge is 0.495 e. The molecule has 0 radical (unpaired) electrons. The molecule has 1 aromatic carbocycles. The zero-order valence-corrected chi connectivity index (χ0v) is 12.7. The average molecular weight is 336 g/mol. The predicted octanol–water partition coefficient (Wildman–Crippen LogP) is 2.71. The smallest absolute Gasteiger partial charge is 0.261 e. The number of nitrogens with two attached hydrogens (primary N) is 1. The molecule has 2 N–H and O–H groups in total. The highest BCUT2D eigenvalue weighted by atomic mass is 79.9. The summed E-state index contributed by atoms with van der Waals surface area (Å²) in [6.45, 7) is 0. The first-order chi connectivity index (χ1) is 9.54. The Labute approximate surface area is 125 Å². The Morgan fingerprint density at radius 2 is 2.10 bits per heavy atom. The molecule has 0 saturated carbocycles. The highest BCUT2D eigenvalue weighted by Crippen LogP contribution is 2.28. The second-order valence-electron chi connectivity index (χ2n) is 4.12. The van der Waals surface area contributed by atoms with Gasteiger partial charge in [0, 0.05) is 17.7 Å². The number of aromatic nitrogens is 1. The number of nitrogen functional groups attached to an aromatic ring is 1. The van der Waals surface area contributed by atoms with Crippen LogP contribution in [0.1, 0.15) is 10.4 Å². The Morgan fingerprint density at radius 3 is 2.80 bits per heavy atom. The minimum absolute atomic E-state index is 0.194. The van der Waals surface area contributed by atoms with Crippen LogP contribution in [0.3, 0.4) is 0 Å². The number of rotatable bonds is 3. The summed E-state index contributed by atoms with van der Waals surface area (Å²) in [4.78, 5) is 18.0. The second kappa shape index (κ2) is 5.92. The van der Waals surface area contributed by atoms with Gasteiger partial charge in [0.05, 0.1) is 18.4 Å². The molecule has 0 unspecified atom stereocenters. The summed E-state index contributed by atoms with van der Waals surface area (Å²) in [5.41, 5.74) is 6.77. The third-order valence-corrected chi connectivity index (χ3v) is 3.30. The molecule has 0 aliphatic rings. The van der Waals surface area contributed by atoms with Gasteiger partial charge in [-0.3, -0.25) is 4.79 Å². The fraction of sp³-hybridized carbons (Fsp3) is 0.143. The van der Waals surface area contributed by atoms with Crippen molar-refractivity contribution in [3.63, 3.8) is 0 Å². The average Bonchev–Trinajstić information content (AvgIpc) is 2.48. The fourth-order valence-corrected chi connectivity index (χ4v) is 2.15. The molecule has 6 heteroatoms. The van der Waals surface area contributed by atoms with Gasteiger partial charge in [-0.05, 0) is 34.1 Å². The molecule has 0 saturated heterocycles. The Morgan fingerprint density at radius 1 is 1.40 bits per heavy atom. The van der Waals surface area contributed by atoms with Crippen LogP contribution in [0.15, 0.2) is 41.0 Å². The maximum Gasteiger partial charge on any atom is 0.261 e. The van der Waals surface area contributed by atoms with Crippen molar-refractivity contribution in [2.45, 2.75) is 0 Å². The molecule has 1 aromatic heterocycles. The highest BCUT2D eigenvalue weighted by Gasteiger charge is 2.19. The monoisotopic (exact) mass is 335 g/mol. The molecule has 0 atom stereocenters. The number of amides is 1. The van der Waals surface area contributed by atoms with Gasteiger partial charge in [-0.25, -0.2) is 4.98 Å². The summed E-state index contributed by atoms with van der Waals surface area (Å²) in [6.07, 6.45) is 1.55. The van der Waals surface area contributed by atoms with Crippen molar-refractivity contribution in [1.29, 1.82) is 0 Å². The van der Waals surface area contributed by atoms with Crippen LogP contribution in [-0.2, 0) is 0 Å². The van der Waals surface area contributed by atoms with E-state index in [1.807, 2.05) is 12.1 Å². The minimum atomic E-state index is -0.249. The van der Waals surface area contributed by atoms with E-state index >= 15 is 0 Å². The number of carbonyl (C=O) groups is 1. The zero-order chi connectivity index (χ0) is 14.7. The van der Waals surface area contributed by atoms with E-state index in [4.69, 9.17) is 10.5 Å². The van der Waals surface area contributed by atoms with E-state index in [0.717, 1.165) is 0 Å². The van der Waals surface area contributed by atoms with Crippen molar-refractivity contribution in [1.82, 2.24) is 4.98 Å². The summed E-state index contributed by atoms with van der Waals surface area (Å²) in [5.74, 6) is 0.561. The lowest BCUT2D eigenvalue weighted by Gasteiger charge is -2.20. The number of hydrogen-bond acceptors (Lipinski definition) is 4. The molecule has 5 nitrogen and oxygen atoms in total. The van der Waals surface area contributed by atoms with Gasteiger partial charge in [0.1, 0.15) is 11.6 Å². The Hall–Kier alpha value is -2.08. The standard InChI is InChI=1S/C14H14BrN3O2/c1-18(11-5-3-4-6-12(11)20-2)14(19)10-7-9(15)8-17-13(10)16/h3-8H,1-2H3,(H2,16,17). The number of benzene rings is 1. The van der Waals surface area contributed by atoms with Gasteiger partial charge in [0.2, 0.25) is 0 Å². The van der Waals surface area contributed by atoms with E-state index in [0.29, 0.717) is 21.5 Å². The van der Waals surface area contributed by atoms with Crippen LogP contribution in [0.2, 0.25) is 0 Å². The van der Waals surface area contributed by atoms with Crippen molar-refractivity contribution in [3.05, 3.63) is 46.6 Å². The van der Waals surface area contributed by atoms with Gasteiger partial charge in [0.15, 0.2) is 0 Å². The van der Waals surface area contributed by atoms with Crippen LogP contribution in [0, 0.1) is 0 Å². The summed E-state index contributed by atoms with van der Waals surface area (Å²) in [6, 6.07) is 8.93. The summed E-state index contributed by atoms with van der Waals surface area (Å²) >= 11 is 3.28. The zero-order valence-electron chi connectivity index (χ0n) is 11.1. The first-order valence-electron chi connectivity index (χ1n) is 5.86. The third-order valence-electron chi connectivity index (χ3n) is 2.87. The van der Waals surface area contributed by atoms with E-state index in [1.54, 1.807) is 38.6 Å². The molecule has 0 fully saturated rings. The molecule has 0 spiro atoms. The van der Waals surface area contributed by atoms with Crippen LogP contribution in [0.25, 0.3) is 0 Å². The van der Waals surface area contributed by atoms with Crippen molar-refractivity contribution >= 4 is 33.3 Å². The van der Waals surface area contributed by atoms with Gasteiger partial charge in [-0.1, -0.05) is 12.1 Å². The quantitative estimate of drug-likeness (QED) is 0.936. The predicted molar refractivity (Wildman–Crippen MR) is 82.1 cm³/mol. The molecule has 1 heterocycles. The maximum absolute atomic E-state index is 12.5. The molecule has 0 aliphatic heterocycles. The van der Waals surface area contributed by atoms with E-state index in [1.165, 1.54) is 4.90 Å². The van der Waals surface area contributed by atoms with E-state index in [2.05, 4.69) is 20.9 Å². The van der Waals surface area contributed by atoms with Gasteiger partial charge < -0.3 is 15.4 Å². The highest BCUT2D eigenvalue weighted by molar-refractivity contribution is 9.10. The third kappa shape index (κ3) is 2.75. The fourth-order valence-electron chi connectivity index (χ4n) is 1.82. The number of nitrogens with zero attached hydrogens (tertiary/aromatic N) is 2. The Kier molecular flexibility index (Phi) is 4.24. The molecule has 0 aliphatic carbocycles. The normalized spacial score (nSPS) is 10.2. The number of anilines is 2. The van der Waals surface area contributed by atoms with Crippen LogP contribution in [0.5, 0.6) is 5.75 Å². The number of ether oxygens (including phenoxy) is 1. The summed E-state index contributed by atoms with van der Waals surface area (Å²) in [7, 11) is 3.23. The Bertz CT molecular complexity index is 646. The van der Waals surface area contributed by atoms with Gasteiger partial charge in [-0.2, -0.15) is 0 Å². The topological polar surface area (TPSA) is 68.5 Å². The SMILES string of the molecule is COc1ccccc1N(C)C(=O)c1cc(Br)cnc1N. The first kappa shape index (κ1) is 14.3. The second-order valence-corrected chi connectivity index (χ2v) is 5.04. The first-order valence-corrected chi connectivity index (χ1v) is 6.66. The maximum atomic E-state index is 12.5. The number of carbonyl (C=O) groups excluding carboxylic acids is 1. The molecule has 2 aromatic rings. The molecule has 0 bridgehead atoms. The summed E-state index contributed by atoms with van der Waals surface area (Å²) < 4.78 is 5.95. The number of halogens is 1. The lowest BCUT2D eigenvalue weighted by Crippen LogP contribution is -2.27. The van der Waals surface area contributed by atoms with E-state index < -0.39 is 0 Å². The minimum Gasteiger partial charge on any atom is -0.495 e. The van der Waals surface area contributed by atoms with Crippen LogP contribution < -0.4 is 15.4 Å². The molecule has 1 amide bonds. The lowest BCUT2D eigenvalue weighted by atomic mass is 10.2. The van der Waals surface area contributed by atoms with Gasteiger partial charge in [-0.15, -0.1) is 0 Å². The van der Waals surface area contributed by atoms with E-state index in [-0.39, 0.29) is 11.7 Å². The summed E-state index contributed by atoms with van der Waals surface area (Å²) in [5, 5.41) is 0. The molecular formula is C14H14BrN3O2. The molecule has 2 rings (SSSR count).